The van der Waals surface area contributed by atoms with Crippen molar-refractivity contribution in [2.45, 2.75) is 24.8 Å². The van der Waals surface area contributed by atoms with Crippen molar-refractivity contribution in [3.8, 4) is 0 Å². The van der Waals surface area contributed by atoms with E-state index in [1.54, 1.807) is 0 Å². The summed E-state index contributed by atoms with van der Waals surface area (Å²) >= 11 is 0. The number of pyridine rings is 1. The first-order chi connectivity index (χ1) is 8.12. The highest BCUT2D eigenvalue weighted by Crippen LogP contribution is 2.41. The van der Waals surface area contributed by atoms with E-state index in [0.29, 0.717) is 0 Å². The van der Waals surface area contributed by atoms with Crippen molar-refractivity contribution in [3.63, 3.8) is 0 Å². The quantitative estimate of drug-likeness (QED) is 0.859. The van der Waals surface area contributed by atoms with Crippen LogP contribution in [-0.2, 0) is 6.42 Å². The summed E-state index contributed by atoms with van der Waals surface area (Å²) in [5, 5.41) is 0. The SMILES string of the molecule is NC(Cc1cccnc1)C(C(F)(F)F)C(F)(F)F. The Bertz CT molecular complexity index is 358. The number of hydrogen-bond donors (Lipinski definition) is 1. The summed E-state index contributed by atoms with van der Waals surface area (Å²) in [6.07, 6.45) is -8.83. The third-order valence-electron chi connectivity index (χ3n) is 2.33. The molecule has 8 heteroatoms. The Hall–Kier alpha value is -1.31. The zero-order valence-electron chi connectivity index (χ0n) is 8.96. The Balaban J connectivity index is 2.88. The van der Waals surface area contributed by atoms with E-state index in [0.717, 1.165) is 0 Å². The van der Waals surface area contributed by atoms with Crippen LogP contribution in [0.2, 0.25) is 0 Å². The van der Waals surface area contributed by atoms with Crippen molar-refractivity contribution in [2.24, 2.45) is 11.7 Å². The lowest BCUT2D eigenvalue weighted by Gasteiger charge is -2.28. The van der Waals surface area contributed by atoms with Crippen LogP contribution < -0.4 is 5.73 Å². The summed E-state index contributed by atoms with van der Waals surface area (Å²) < 4.78 is 74.1. The van der Waals surface area contributed by atoms with Crippen LogP contribution >= 0.6 is 0 Å². The van der Waals surface area contributed by atoms with Gasteiger partial charge in [-0.25, -0.2) is 0 Å². The van der Waals surface area contributed by atoms with Gasteiger partial charge in [0.15, 0.2) is 5.92 Å². The van der Waals surface area contributed by atoms with Gasteiger partial charge in [-0.15, -0.1) is 0 Å². The molecule has 2 N–H and O–H groups in total. The van der Waals surface area contributed by atoms with Crippen molar-refractivity contribution in [1.82, 2.24) is 4.98 Å². The van der Waals surface area contributed by atoms with Crippen molar-refractivity contribution in [2.75, 3.05) is 0 Å². The minimum absolute atomic E-state index is 0.225. The molecule has 0 aromatic carbocycles. The summed E-state index contributed by atoms with van der Waals surface area (Å²) in [5.74, 6) is -3.54. The van der Waals surface area contributed by atoms with Crippen LogP contribution in [0.15, 0.2) is 24.5 Å². The summed E-state index contributed by atoms with van der Waals surface area (Å²) in [5.41, 5.74) is 5.28. The van der Waals surface area contributed by atoms with E-state index >= 15 is 0 Å². The summed E-state index contributed by atoms with van der Waals surface area (Å²) in [6, 6.07) is 0.698. The minimum Gasteiger partial charge on any atom is -0.327 e. The van der Waals surface area contributed by atoms with E-state index in [-0.39, 0.29) is 5.56 Å². The second kappa shape index (κ2) is 5.13. The highest BCUT2D eigenvalue weighted by molar-refractivity contribution is 5.11. The van der Waals surface area contributed by atoms with Gasteiger partial charge in [-0.2, -0.15) is 26.3 Å². The first kappa shape index (κ1) is 14.7. The maximum absolute atomic E-state index is 12.4. The molecular formula is C10H10F6N2. The Morgan fingerprint density at radius 1 is 1.11 bits per heavy atom. The molecule has 0 saturated carbocycles. The average Bonchev–Trinajstić information content (AvgIpc) is 2.13. The molecule has 2 nitrogen and oxygen atoms in total. The Morgan fingerprint density at radius 3 is 2.06 bits per heavy atom. The van der Waals surface area contributed by atoms with Gasteiger partial charge in [-0.1, -0.05) is 6.07 Å². The maximum atomic E-state index is 12.4. The predicted molar refractivity (Wildman–Crippen MR) is 51.5 cm³/mol. The zero-order valence-corrected chi connectivity index (χ0v) is 8.96. The molecule has 0 radical (unpaired) electrons. The molecule has 0 bridgehead atoms. The van der Waals surface area contributed by atoms with Crippen molar-refractivity contribution in [1.29, 1.82) is 0 Å². The fraction of sp³-hybridized carbons (Fsp3) is 0.500. The van der Waals surface area contributed by atoms with Gasteiger partial charge in [0.1, 0.15) is 0 Å². The molecule has 18 heavy (non-hydrogen) atoms. The molecule has 0 spiro atoms. The first-order valence-electron chi connectivity index (χ1n) is 4.90. The molecule has 0 saturated heterocycles. The van der Waals surface area contributed by atoms with Gasteiger partial charge in [0, 0.05) is 18.4 Å². The van der Waals surface area contributed by atoms with Crippen molar-refractivity contribution >= 4 is 0 Å². The molecule has 1 rings (SSSR count). The molecule has 0 fully saturated rings. The molecule has 1 aromatic heterocycles. The topological polar surface area (TPSA) is 38.9 Å². The van der Waals surface area contributed by atoms with Crippen LogP contribution in [0.4, 0.5) is 26.3 Å². The second-order valence-electron chi connectivity index (χ2n) is 3.79. The summed E-state index contributed by atoms with van der Waals surface area (Å²) in [4.78, 5) is 3.60. The standard InChI is InChI=1S/C10H10F6N2/c11-9(12,13)8(10(14,15)16)7(17)4-6-2-1-3-18-5-6/h1-3,5,7-8H,4,17H2. The molecule has 102 valence electrons. The van der Waals surface area contributed by atoms with Gasteiger partial charge in [0.25, 0.3) is 0 Å². The summed E-state index contributed by atoms with van der Waals surface area (Å²) in [6.45, 7) is 0. The van der Waals surface area contributed by atoms with Crippen LogP contribution in [0.3, 0.4) is 0 Å². The van der Waals surface area contributed by atoms with Crippen molar-refractivity contribution in [3.05, 3.63) is 30.1 Å². The highest BCUT2D eigenvalue weighted by Gasteiger charge is 2.59. The van der Waals surface area contributed by atoms with Gasteiger partial charge in [0.2, 0.25) is 0 Å². The Kier molecular flexibility index (Phi) is 4.20. The monoisotopic (exact) mass is 272 g/mol. The fourth-order valence-electron chi connectivity index (χ4n) is 1.58. The maximum Gasteiger partial charge on any atom is 0.402 e. The normalized spacial score (nSPS) is 14.9. The molecule has 0 aliphatic rings. The van der Waals surface area contributed by atoms with Crippen LogP contribution in [0, 0.1) is 5.92 Å². The number of alkyl halides is 6. The first-order valence-corrected chi connectivity index (χ1v) is 4.90. The van der Waals surface area contributed by atoms with Gasteiger partial charge in [-0.3, -0.25) is 4.98 Å². The fourth-order valence-corrected chi connectivity index (χ4v) is 1.58. The summed E-state index contributed by atoms with van der Waals surface area (Å²) in [7, 11) is 0. The third kappa shape index (κ3) is 3.86. The lowest BCUT2D eigenvalue weighted by atomic mass is 9.93. The smallest absolute Gasteiger partial charge is 0.327 e. The Labute approximate surface area is 98.8 Å². The molecule has 1 atom stereocenters. The molecule has 0 amide bonds. The average molecular weight is 272 g/mol. The second-order valence-corrected chi connectivity index (χ2v) is 3.79. The van der Waals surface area contributed by atoms with Gasteiger partial charge >= 0.3 is 12.4 Å². The predicted octanol–water partition coefficient (Wildman–Crippen LogP) is 2.69. The van der Waals surface area contributed by atoms with E-state index in [1.165, 1.54) is 24.5 Å². The number of nitrogens with zero attached hydrogens (tertiary/aromatic N) is 1. The molecule has 0 aliphatic carbocycles. The van der Waals surface area contributed by atoms with Crippen LogP contribution in [0.25, 0.3) is 0 Å². The van der Waals surface area contributed by atoms with E-state index in [2.05, 4.69) is 4.98 Å². The molecule has 1 heterocycles. The number of rotatable bonds is 3. The van der Waals surface area contributed by atoms with Crippen molar-refractivity contribution < 1.29 is 26.3 Å². The van der Waals surface area contributed by atoms with E-state index in [9.17, 15) is 26.3 Å². The Morgan fingerprint density at radius 2 is 1.67 bits per heavy atom. The lowest BCUT2D eigenvalue weighted by Crippen LogP contribution is -2.49. The number of aromatic nitrogens is 1. The van der Waals surface area contributed by atoms with Gasteiger partial charge < -0.3 is 5.73 Å². The van der Waals surface area contributed by atoms with Gasteiger partial charge in [-0.05, 0) is 18.1 Å². The number of halogens is 6. The zero-order chi connectivity index (χ0) is 14.0. The van der Waals surface area contributed by atoms with Gasteiger partial charge in [0.05, 0.1) is 0 Å². The molecule has 0 aliphatic heterocycles. The van der Waals surface area contributed by atoms with Crippen LogP contribution in [0.1, 0.15) is 5.56 Å². The molecule has 1 unspecified atom stereocenters. The third-order valence-corrected chi connectivity index (χ3v) is 2.33. The minimum atomic E-state index is -5.42. The van der Waals surface area contributed by atoms with Crippen LogP contribution in [0.5, 0.6) is 0 Å². The number of hydrogen-bond acceptors (Lipinski definition) is 2. The molecular weight excluding hydrogens is 262 g/mol. The lowest BCUT2D eigenvalue weighted by molar-refractivity contribution is -0.289. The van der Waals surface area contributed by atoms with E-state index in [1.807, 2.05) is 0 Å². The van der Waals surface area contributed by atoms with E-state index in [4.69, 9.17) is 5.73 Å². The number of nitrogens with two attached hydrogens (primary N) is 1. The molecule has 1 aromatic rings. The van der Waals surface area contributed by atoms with Crippen LogP contribution in [-0.4, -0.2) is 23.4 Å². The largest absolute Gasteiger partial charge is 0.402 e. The van der Waals surface area contributed by atoms with E-state index < -0.39 is 30.7 Å². The highest BCUT2D eigenvalue weighted by atomic mass is 19.4.